The highest BCUT2D eigenvalue weighted by molar-refractivity contribution is 9.10. The van der Waals surface area contributed by atoms with Crippen LogP contribution >= 0.6 is 27.5 Å². The molecule has 3 unspecified atom stereocenters. The summed E-state index contributed by atoms with van der Waals surface area (Å²) in [6, 6.07) is 2.16. The van der Waals surface area contributed by atoms with Crippen molar-refractivity contribution in [3.05, 3.63) is 28.5 Å². The second-order valence-electron chi connectivity index (χ2n) is 5.81. The van der Waals surface area contributed by atoms with Crippen molar-refractivity contribution in [3.8, 4) is 0 Å². The maximum atomic E-state index is 6.51. The Kier molecular flexibility index (Phi) is 5.08. The molecule has 1 aromatic rings. The number of halogens is 2. The summed E-state index contributed by atoms with van der Waals surface area (Å²) in [5.41, 5.74) is 1.30. The summed E-state index contributed by atoms with van der Waals surface area (Å²) in [4.78, 5) is 4.24. The van der Waals surface area contributed by atoms with E-state index in [-0.39, 0.29) is 0 Å². The predicted molar refractivity (Wildman–Crippen MR) is 81.0 cm³/mol. The Bertz CT molecular complexity index is 394. The van der Waals surface area contributed by atoms with Crippen molar-refractivity contribution in [1.29, 1.82) is 0 Å². The van der Waals surface area contributed by atoms with Crippen LogP contribution in [0.25, 0.3) is 0 Å². The molecule has 1 nitrogen and oxygen atoms in total. The minimum Gasteiger partial charge on any atom is -0.263 e. The minimum atomic E-state index is 0.332. The number of alkyl halides is 1. The lowest BCUT2D eigenvalue weighted by Crippen LogP contribution is -2.29. The fourth-order valence-corrected chi connectivity index (χ4v) is 3.68. The highest BCUT2D eigenvalue weighted by Gasteiger charge is 2.30. The number of hydrogen-bond donors (Lipinski definition) is 0. The maximum absolute atomic E-state index is 6.51. The molecule has 0 amide bonds. The highest BCUT2D eigenvalue weighted by Crippen LogP contribution is 2.38. The van der Waals surface area contributed by atoms with E-state index in [0.29, 0.717) is 11.3 Å². The highest BCUT2D eigenvalue weighted by atomic mass is 79.9. The second-order valence-corrected chi connectivity index (χ2v) is 7.29. The van der Waals surface area contributed by atoms with Crippen molar-refractivity contribution in [2.75, 3.05) is 0 Å². The van der Waals surface area contributed by atoms with E-state index in [1.807, 2.05) is 12.4 Å². The Morgan fingerprint density at radius 3 is 2.83 bits per heavy atom. The summed E-state index contributed by atoms with van der Waals surface area (Å²) in [5, 5.41) is 0.332. The van der Waals surface area contributed by atoms with Gasteiger partial charge < -0.3 is 0 Å². The van der Waals surface area contributed by atoms with Crippen molar-refractivity contribution in [2.45, 2.75) is 44.9 Å². The van der Waals surface area contributed by atoms with E-state index in [9.17, 15) is 0 Å². The van der Waals surface area contributed by atoms with Gasteiger partial charge >= 0.3 is 0 Å². The van der Waals surface area contributed by atoms with E-state index in [4.69, 9.17) is 11.6 Å². The predicted octanol–water partition coefficient (Wildman–Crippen LogP) is 5.07. The zero-order valence-corrected chi connectivity index (χ0v) is 13.4. The molecule has 0 N–H and O–H groups in total. The van der Waals surface area contributed by atoms with Crippen molar-refractivity contribution in [3.63, 3.8) is 0 Å². The van der Waals surface area contributed by atoms with Gasteiger partial charge in [-0.25, -0.2) is 0 Å². The molecule has 3 atom stereocenters. The number of pyridine rings is 1. The molecule has 0 spiro atoms. The van der Waals surface area contributed by atoms with Crippen LogP contribution < -0.4 is 0 Å². The minimum absolute atomic E-state index is 0.332. The van der Waals surface area contributed by atoms with Crippen molar-refractivity contribution in [1.82, 2.24) is 4.98 Å². The van der Waals surface area contributed by atoms with Crippen LogP contribution in [0.4, 0.5) is 0 Å². The van der Waals surface area contributed by atoms with Crippen LogP contribution in [0.1, 0.15) is 38.7 Å². The van der Waals surface area contributed by atoms with Crippen molar-refractivity contribution < 1.29 is 0 Å². The van der Waals surface area contributed by atoms with E-state index in [0.717, 1.165) is 29.2 Å². The average Bonchev–Trinajstić information content (AvgIpc) is 2.31. The molecule has 0 aromatic carbocycles. The average molecular weight is 331 g/mol. The second kappa shape index (κ2) is 6.38. The number of aromatic nitrogens is 1. The molecular formula is C15H21BrClN. The zero-order chi connectivity index (χ0) is 13.1. The molecule has 2 rings (SSSR count). The monoisotopic (exact) mass is 329 g/mol. The van der Waals surface area contributed by atoms with E-state index in [2.05, 4.69) is 40.8 Å². The molecule has 1 aliphatic carbocycles. The fourth-order valence-electron chi connectivity index (χ4n) is 2.95. The smallest absolute Gasteiger partial charge is 0.0410 e. The van der Waals surface area contributed by atoms with E-state index >= 15 is 0 Å². The number of hydrogen-bond acceptors (Lipinski definition) is 1. The molecule has 1 aliphatic rings. The molecule has 0 bridgehead atoms. The van der Waals surface area contributed by atoms with Crippen molar-refractivity contribution >= 4 is 27.5 Å². The van der Waals surface area contributed by atoms with E-state index in [1.54, 1.807) is 0 Å². The quantitative estimate of drug-likeness (QED) is 0.705. The normalized spacial score (nSPS) is 28.6. The van der Waals surface area contributed by atoms with Crippen LogP contribution in [0, 0.1) is 17.8 Å². The zero-order valence-electron chi connectivity index (χ0n) is 11.1. The molecular weight excluding hydrogens is 310 g/mol. The lowest BCUT2D eigenvalue weighted by molar-refractivity contribution is 0.218. The van der Waals surface area contributed by atoms with Gasteiger partial charge in [0.05, 0.1) is 0 Å². The van der Waals surface area contributed by atoms with Gasteiger partial charge in [-0.1, -0.05) is 13.8 Å². The Morgan fingerprint density at radius 1 is 1.39 bits per heavy atom. The first-order valence-electron chi connectivity index (χ1n) is 6.79. The Hall–Kier alpha value is -0.0800. The van der Waals surface area contributed by atoms with Gasteiger partial charge in [-0.15, -0.1) is 11.6 Å². The molecule has 0 aliphatic heterocycles. The lowest BCUT2D eigenvalue weighted by atomic mass is 9.74. The molecule has 18 heavy (non-hydrogen) atoms. The molecule has 0 saturated heterocycles. The van der Waals surface area contributed by atoms with Crippen LogP contribution in [-0.4, -0.2) is 10.4 Å². The van der Waals surface area contributed by atoms with Gasteiger partial charge in [0.25, 0.3) is 0 Å². The van der Waals surface area contributed by atoms with Gasteiger partial charge in [-0.3, -0.25) is 4.98 Å². The van der Waals surface area contributed by atoms with Gasteiger partial charge in [0.15, 0.2) is 0 Å². The summed E-state index contributed by atoms with van der Waals surface area (Å²) in [5.74, 6) is 2.21. The van der Waals surface area contributed by atoms with Gasteiger partial charge in [0, 0.05) is 22.2 Å². The fraction of sp³-hybridized carbons (Fsp3) is 0.667. The summed E-state index contributed by atoms with van der Waals surface area (Å²) >= 11 is 9.99. The molecule has 1 heterocycles. The van der Waals surface area contributed by atoms with Gasteiger partial charge in [-0.2, -0.15) is 0 Å². The molecule has 3 heteroatoms. The Labute approximate surface area is 123 Å². The summed E-state index contributed by atoms with van der Waals surface area (Å²) < 4.78 is 1.06. The Morgan fingerprint density at radius 2 is 2.17 bits per heavy atom. The summed E-state index contributed by atoms with van der Waals surface area (Å²) in [6.45, 7) is 4.66. The third kappa shape index (κ3) is 3.71. The topological polar surface area (TPSA) is 12.9 Å². The van der Waals surface area contributed by atoms with Crippen LogP contribution in [0.2, 0.25) is 0 Å². The molecule has 0 radical (unpaired) electrons. The molecule has 1 saturated carbocycles. The van der Waals surface area contributed by atoms with E-state index in [1.165, 1.54) is 18.4 Å². The van der Waals surface area contributed by atoms with Gasteiger partial charge in [-0.05, 0) is 71.0 Å². The summed E-state index contributed by atoms with van der Waals surface area (Å²) in [7, 11) is 0. The number of rotatable bonds is 3. The van der Waals surface area contributed by atoms with E-state index < -0.39 is 0 Å². The molecule has 100 valence electrons. The standard InChI is InChI=1S/C15H21BrClN/c1-10(2)12-3-4-15(17)13(7-12)5-11-6-14(16)9-18-8-11/h6,8-10,12-13,15H,3-5,7H2,1-2H3. The SMILES string of the molecule is CC(C)C1CCC(Cl)C(Cc2cncc(Br)c2)C1. The first-order valence-corrected chi connectivity index (χ1v) is 8.02. The van der Waals surface area contributed by atoms with Gasteiger partial charge in [0.2, 0.25) is 0 Å². The Balaban J connectivity index is 2.02. The molecule has 1 fully saturated rings. The first-order chi connectivity index (χ1) is 8.56. The van der Waals surface area contributed by atoms with Crippen LogP contribution in [-0.2, 0) is 6.42 Å². The number of nitrogens with zero attached hydrogens (tertiary/aromatic N) is 1. The van der Waals surface area contributed by atoms with Gasteiger partial charge in [0.1, 0.15) is 0 Å². The van der Waals surface area contributed by atoms with Crippen LogP contribution in [0.15, 0.2) is 22.9 Å². The maximum Gasteiger partial charge on any atom is 0.0410 e. The third-order valence-corrected chi connectivity index (χ3v) is 5.14. The van der Waals surface area contributed by atoms with Crippen LogP contribution in [0.5, 0.6) is 0 Å². The lowest BCUT2D eigenvalue weighted by Gasteiger charge is -2.35. The van der Waals surface area contributed by atoms with Crippen molar-refractivity contribution in [2.24, 2.45) is 17.8 Å². The van der Waals surface area contributed by atoms with Crippen LogP contribution in [0.3, 0.4) is 0 Å². The third-order valence-electron chi connectivity index (χ3n) is 4.13. The molecule has 1 aromatic heterocycles. The largest absolute Gasteiger partial charge is 0.263 e. The first kappa shape index (κ1) is 14.3. The summed E-state index contributed by atoms with van der Waals surface area (Å²) in [6.07, 6.45) is 8.57.